The number of para-hydroxylation sites is 1. The van der Waals surface area contributed by atoms with Crippen LogP contribution in [0.1, 0.15) is 18.4 Å². The van der Waals surface area contributed by atoms with Gasteiger partial charge in [-0.3, -0.25) is 4.31 Å². The minimum atomic E-state index is -3.22. The summed E-state index contributed by atoms with van der Waals surface area (Å²) in [5.74, 6) is 0. The second kappa shape index (κ2) is 2.71. The van der Waals surface area contributed by atoms with E-state index in [0.29, 0.717) is 17.9 Å². The molecule has 4 nitrogen and oxygen atoms in total. The summed E-state index contributed by atoms with van der Waals surface area (Å²) in [6.45, 7) is 0.565. The Morgan fingerprint density at radius 1 is 1.38 bits per heavy atom. The number of sulfonamides is 1. The first kappa shape index (κ1) is 9.96. The molecule has 0 amide bonds. The van der Waals surface area contributed by atoms with Gasteiger partial charge in [0.05, 0.1) is 17.6 Å². The average molecular weight is 238 g/mol. The fourth-order valence-electron chi connectivity index (χ4n) is 2.57. The number of hydrogen-bond donors (Lipinski definition) is 1. The summed E-state index contributed by atoms with van der Waals surface area (Å²) in [4.78, 5) is 0. The molecule has 1 aromatic carbocycles. The molecule has 1 aromatic rings. The maximum atomic E-state index is 11.7. The van der Waals surface area contributed by atoms with E-state index in [-0.39, 0.29) is 5.41 Å². The summed E-state index contributed by atoms with van der Waals surface area (Å²) in [5, 5.41) is 0. The zero-order chi connectivity index (χ0) is 11.6. The molecule has 1 spiro atoms. The summed E-state index contributed by atoms with van der Waals surface area (Å²) in [6.07, 6.45) is 3.37. The molecular formula is C11H14N2O2S. The first-order chi connectivity index (χ1) is 7.44. The van der Waals surface area contributed by atoms with E-state index in [1.165, 1.54) is 10.6 Å². The van der Waals surface area contributed by atoms with Gasteiger partial charge in [-0.2, -0.15) is 0 Å². The third-order valence-corrected chi connectivity index (χ3v) is 4.70. The second-order valence-electron chi connectivity index (χ2n) is 4.79. The van der Waals surface area contributed by atoms with E-state index in [0.717, 1.165) is 18.4 Å². The van der Waals surface area contributed by atoms with Crippen LogP contribution in [0.25, 0.3) is 0 Å². The fourth-order valence-corrected chi connectivity index (χ4v) is 3.59. The summed E-state index contributed by atoms with van der Waals surface area (Å²) >= 11 is 0. The lowest BCUT2D eigenvalue weighted by Crippen LogP contribution is -2.30. The molecule has 1 heterocycles. The molecule has 1 aliphatic heterocycles. The summed E-state index contributed by atoms with van der Waals surface area (Å²) in [5.41, 5.74) is 8.35. The Balaban J connectivity index is 2.25. The molecule has 1 aliphatic carbocycles. The molecule has 0 bridgehead atoms. The molecule has 16 heavy (non-hydrogen) atoms. The highest BCUT2D eigenvalue weighted by Gasteiger charge is 2.54. The largest absolute Gasteiger partial charge is 0.397 e. The quantitative estimate of drug-likeness (QED) is 0.745. The van der Waals surface area contributed by atoms with E-state index in [1.54, 1.807) is 6.07 Å². The van der Waals surface area contributed by atoms with Crippen molar-refractivity contribution < 1.29 is 8.42 Å². The maximum Gasteiger partial charge on any atom is 0.232 e. The molecule has 0 unspecified atom stereocenters. The zero-order valence-electron chi connectivity index (χ0n) is 9.10. The van der Waals surface area contributed by atoms with E-state index >= 15 is 0 Å². The lowest BCUT2D eigenvalue weighted by atomic mass is 9.98. The smallest absolute Gasteiger partial charge is 0.232 e. The molecule has 2 aliphatic rings. The van der Waals surface area contributed by atoms with Crippen LogP contribution in [0.4, 0.5) is 11.4 Å². The normalized spacial score (nSPS) is 21.2. The number of rotatable bonds is 1. The van der Waals surface area contributed by atoms with Crippen LogP contribution < -0.4 is 10.0 Å². The van der Waals surface area contributed by atoms with E-state index in [1.807, 2.05) is 12.1 Å². The predicted octanol–water partition coefficient (Wildman–Crippen LogP) is 1.08. The van der Waals surface area contributed by atoms with Gasteiger partial charge in [-0.15, -0.1) is 0 Å². The standard InChI is InChI=1S/C11H14N2O2S/c1-16(14,15)13-7-11(5-6-11)8-3-2-4-9(12)10(8)13/h2-4H,5-7,12H2,1H3. The molecule has 1 saturated carbocycles. The predicted molar refractivity (Wildman–Crippen MR) is 64.0 cm³/mol. The third-order valence-electron chi connectivity index (χ3n) is 3.59. The number of fused-ring (bicyclic) bond motifs is 2. The summed E-state index contributed by atoms with van der Waals surface area (Å²) in [6, 6.07) is 5.67. The Morgan fingerprint density at radius 3 is 2.62 bits per heavy atom. The lowest BCUT2D eigenvalue weighted by Gasteiger charge is -2.18. The van der Waals surface area contributed by atoms with E-state index in [9.17, 15) is 8.42 Å². The molecule has 3 rings (SSSR count). The molecule has 0 radical (unpaired) electrons. The number of anilines is 2. The molecule has 0 aromatic heterocycles. The number of nitrogens with two attached hydrogens (primary N) is 1. The van der Waals surface area contributed by atoms with Gasteiger partial charge >= 0.3 is 0 Å². The molecule has 5 heteroatoms. The topological polar surface area (TPSA) is 63.4 Å². The molecule has 0 saturated heterocycles. The van der Waals surface area contributed by atoms with Gasteiger partial charge in [-0.05, 0) is 24.5 Å². The van der Waals surface area contributed by atoms with Gasteiger partial charge in [0.15, 0.2) is 0 Å². The highest BCUT2D eigenvalue weighted by molar-refractivity contribution is 7.92. The van der Waals surface area contributed by atoms with Gasteiger partial charge in [0.2, 0.25) is 10.0 Å². The van der Waals surface area contributed by atoms with Crippen molar-refractivity contribution in [3.63, 3.8) is 0 Å². The monoisotopic (exact) mass is 238 g/mol. The van der Waals surface area contributed by atoms with Gasteiger partial charge < -0.3 is 5.73 Å². The first-order valence-electron chi connectivity index (χ1n) is 5.31. The van der Waals surface area contributed by atoms with E-state index in [4.69, 9.17) is 5.73 Å². The van der Waals surface area contributed by atoms with E-state index in [2.05, 4.69) is 0 Å². The first-order valence-corrected chi connectivity index (χ1v) is 7.16. The summed E-state index contributed by atoms with van der Waals surface area (Å²) < 4.78 is 24.9. The van der Waals surface area contributed by atoms with Gasteiger partial charge in [0.1, 0.15) is 0 Å². The van der Waals surface area contributed by atoms with Crippen LogP contribution in [-0.4, -0.2) is 21.2 Å². The van der Waals surface area contributed by atoms with Gasteiger partial charge in [0, 0.05) is 12.0 Å². The van der Waals surface area contributed by atoms with Crippen LogP contribution in [0.2, 0.25) is 0 Å². The number of benzene rings is 1. The molecule has 1 fully saturated rings. The van der Waals surface area contributed by atoms with Crippen molar-refractivity contribution in [3.8, 4) is 0 Å². The molecule has 0 atom stereocenters. The van der Waals surface area contributed by atoms with Gasteiger partial charge in [0.25, 0.3) is 0 Å². The zero-order valence-corrected chi connectivity index (χ0v) is 9.92. The maximum absolute atomic E-state index is 11.7. The highest BCUT2D eigenvalue weighted by atomic mass is 32.2. The van der Waals surface area contributed by atoms with Crippen molar-refractivity contribution in [3.05, 3.63) is 23.8 Å². The van der Waals surface area contributed by atoms with Crippen molar-refractivity contribution in [1.82, 2.24) is 0 Å². The Morgan fingerprint density at radius 2 is 2.06 bits per heavy atom. The van der Waals surface area contributed by atoms with Crippen molar-refractivity contribution in [2.75, 3.05) is 22.8 Å². The lowest BCUT2D eigenvalue weighted by molar-refractivity contribution is 0.594. The second-order valence-corrected chi connectivity index (χ2v) is 6.70. The number of hydrogen-bond acceptors (Lipinski definition) is 3. The molecule has 86 valence electrons. The van der Waals surface area contributed by atoms with Crippen LogP contribution in [0.15, 0.2) is 18.2 Å². The van der Waals surface area contributed by atoms with Crippen LogP contribution in [0, 0.1) is 0 Å². The number of nitrogens with zero attached hydrogens (tertiary/aromatic N) is 1. The Labute approximate surface area is 95.1 Å². The van der Waals surface area contributed by atoms with E-state index < -0.39 is 10.0 Å². The minimum absolute atomic E-state index is 0.0633. The van der Waals surface area contributed by atoms with Crippen molar-refractivity contribution in [1.29, 1.82) is 0 Å². The third kappa shape index (κ3) is 1.18. The van der Waals surface area contributed by atoms with Gasteiger partial charge in [-0.25, -0.2) is 8.42 Å². The van der Waals surface area contributed by atoms with Crippen molar-refractivity contribution in [2.45, 2.75) is 18.3 Å². The number of nitrogen functional groups attached to an aromatic ring is 1. The van der Waals surface area contributed by atoms with Crippen molar-refractivity contribution in [2.24, 2.45) is 0 Å². The van der Waals surface area contributed by atoms with Crippen molar-refractivity contribution >= 4 is 21.4 Å². The van der Waals surface area contributed by atoms with Gasteiger partial charge in [-0.1, -0.05) is 12.1 Å². The minimum Gasteiger partial charge on any atom is -0.397 e. The SMILES string of the molecule is CS(=O)(=O)N1CC2(CC2)c2cccc(N)c21. The van der Waals surface area contributed by atoms with Crippen LogP contribution in [0.3, 0.4) is 0 Å². The Kier molecular flexibility index (Phi) is 1.69. The highest BCUT2D eigenvalue weighted by Crippen LogP contribution is 2.58. The Hall–Kier alpha value is -1.23. The Bertz CT molecular complexity index is 561. The van der Waals surface area contributed by atoms with Crippen LogP contribution in [-0.2, 0) is 15.4 Å². The molecule has 2 N–H and O–H groups in total. The molecular weight excluding hydrogens is 224 g/mol. The summed E-state index contributed by atoms with van der Waals surface area (Å²) in [7, 11) is -3.22. The van der Waals surface area contributed by atoms with Crippen LogP contribution in [0.5, 0.6) is 0 Å². The average Bonchev–Trinajstić information content (AvgIpc) is 2.84. The van der Waals surface area contributed by atoms with Crippen LogP contribution >= 0.6 is 0 Å². The fraction of sp³-hybridized carbons (Fsp3) is 0.455.